The molecule has 13 heavy (non-hydrogen) atoms. The normalized spacial score (nSPS) is 35.2. The molecule has 1 saturated heterocycles. The summed E-state index contributed by atoms with van der Waals surface area (Å²) >= 11 is 0. The number of carboxylic acids is 1. The van der Waals surface area contributed by atoms with Crippen molar-refractivity contribution in [3.8, 4) is 0 Å². The smallest absolute Gasteiger partial charge is 0.309 e. The van der Waals surface area contributed by atoms with Gasteiger partial charge >= 0.3 is 11.9 Å². The van der Waals surface area contributed by atoms with Crippen LogP contribution in [0.3, 0.4) is 0 Å². The maximum absolute atomic E-state index is 11.1. The Labute approximate surface area is 74.6 Å². The van der Waals surface area contributed by atoms with Crippen molar-refractivity contribution in [1.29, 1.82) is 0 Å². The predicted octanol–water partition coefficient (Wildman–Crippen LogP) is -0.351. The van der Waals surface area contributed by atoms with Crippen molar-refractivity contribution < 1.29 is 24.2 Å². The first-order chi connectivity index (χ1) is 6.18. The molecule has 0 amide bonds. The highest BCUT2D eigenvalue weighted by molar-refractivity contribution is 5.86. The lowest BCUT2D eigenvalue weighted by molar-refractivity contribution is -0.149. The minimum Gasteiger partial charge on any atom is -0.481 e. The van der Waals surface area contributed by atoms with E-state index in [1.807, 2.05) is 0 Å². The average Bonchev–Trinajstić information content (AvgIpc) is 2.93. The number of carbonyl (C=O) groups excluding carboxylic acids is 1. The van der Waals surface area contributed by atoms with Gasteiger partial charge in [0.1, 0.15) is 12.7 Å². The number of carbonyl (C=O) groups is 2. The number of rotatable bonds is 4. The Kier molecular flexibility index (Phi) is 1.95. The van der Waals surface area contributed by atoms with Crippen molar-refractivity contribution in [2.75, 3.05) is 13.2 Å². The summed E-state index contributed by atoms with van der Waals surface area (Å²) in [6.07, 6.45) is 0.464. The summed E-state index contributed by atoms with van der Waals surface area (Å²) in [7, 11) is 0. The first-order valence-corrected chi connectivity index (χ1v) is 4.19. The second-order valence-electron chi connectivity index (χ2n) is 3.37. The number of hydrogen-bond donors (Lipinski definition) is 1. The van der Waals surface area contributed by atoms with E-state index in [1.165, 1.54) is 0 Å². The highest BCUT2D eigenvalue weighted by atomic mass is 16.6. The number of aliphatic carboxylic acids is 1. The highest BCUT2D eigenvalue weighted by Gasteiger charge is 2.49. The lowest BCUT2D eigenvalue weighted by Crippen LogP contribution is -2.14. The molecule has 0 bridgehead atoms. The van der Waals surface area contributed by atoms with Crippen LogP contribution in [-0.2, 0) is 19.1 Å². The maximum Gasteiger partial charge on any atom is 0.309 e. The summed E-state index contributed by atoms with van der Waals surface area (Å²) < 4.78 is 9.68. The van der Waals surface area contributed by atoms with Gasteiger partial charge in [-0.3, -0.25) is 9.59 Å². The molecule has 5 heteroatoms. The van der Waals surface area contributed by atoms with E-state index in [9.17, 15) is 9.59 Å². The van der Waals surface area contributed by atoms with Crippen molar-refractivity contribution >= 4 is 11.9 Å². The van der Waals surface area contributed by atoms with Crippen LogP contribution in [0.4, 0.5) is 0 Å². The minimum atomic E-state index is -0.912. The fourth-order valence-corrected chi connectivity index (χ4v) is 1.17. The Morgan fingerprint density at radius 2 is 2.15 bits per heavy atom. The Morgan fingerprint density at radius 1 is 1.46 bits per heavy atom. The molecule has 0 spiro atoms. The van der Waals surface area contributed by atoms with Crippen molar-refractivity contribution in [2.45, 2.75) is 12.5 Å². The molecule has 2 fully saturated rings. The van der Waals surface area contributed by atoms with Crippen molar-refractivity contribution in [2.24, 2.45) is 11.8 Å². The van der Waals surface area contributed by atoms with Crippen molar-refractivity contribution in [3.63, 3.8) is 0 Å². The minimum absolute atomic E-state index is 0.0472. The quantitative estimate of drug-likeness (QED) is 0.479. The van der Waals surface area contributed by atoms with E-state index in [0.717, 1.165) is 0 Å². The molecule has 1 aliphatic heterocycles. The molecule has 3 unspecified atom stereocenters. The van der Waals surface area contributed by atoms with E-state index >= 15 is 0 Å². The van der Waals surface area contributed by atoms with Crippen LogP contribution >= 0.6 is 0 Å². The summed E-state index contributed by atoms with van der Waals surface area (Å²) in [4.78, 5) is 21.5. The van der Waals surface area contributed by atoms with Gasteiger partial charge < -0.3 is 14.6 Å². The Hall–Kier alpha value is -1.10. The SMILES string of the molecule is O=C(O)C1CC1C(=O)OCC1CO1. The molecule has 0 radical (unpaired) electrons. The number of ether oxygens (including phenoxy) is 2. The van der Waals surface area contributed by atoms with Gasteiger partial charge in [0.05, 0.1) is 18.4 Å². The van der Waals surface area contributed by atoms with E-state index in [0.29, 0.717) is 13.0 Å². The first-order valence-electron chi connectivity index (χ1n) is 4.19. The van der Waals surface area contributed by atoms with Crippen LogP contribution in [-0.4, -0.2) is 36.4 Å². The molecule has 1 saturated carbocycles. The Morgan fingerprint density at radius 3 is 2.62 bits per heavy atom. The molecule has 1 heterocycles. The molecule has 0 aromatic rings. The zero-order valence-corrected chi connectivity index (χ0v) is 6.93. The summed E-state index contributed by atoms with van der Waals surface area (Å²) in [6.45, 7) is 0.905. The second-order valence-corrected chi connectivity index (χ2v) is 3.37. The van der Waals surface area contributed by atoms with Gasteiger partial charge in [-0.05, 0) is 6.42 Å². The Bertz CT molecular complexity index is 245. The molecule has 1 N–H and O–H groups in total. The fraction of sp³-hybridized carbons (Fsp3) is 0.750. The zero-order valence-electron chi connectivity index (χ0n) is 6.93. The number of carboxylic acid groups (broad SMARTS) is 1. The molecule has 1 aliphatic carbocycles. The molecule has 2 aliphatic rings. The topological polar surface area (TPSA) is 76.1 Å². The fourth-order valence-electron chi connectivity index (χ4n) is 1.17. The van der Waals surface area contributed by atoms with E-state index in [4.69, 9.17) is 14.6 Å². The van der Waals surface area contributed by atoms with Gasteiger partial charge in [-0.15, -0.1) is 0 Å². The van der Waals surface area contributed by atoms with Gasteiger partial charge in [0.2, 0.25) is 0 Å². The van der Waals surface area contributed by atoms with E-state index in [1.54, 1.807) is 0 Å². The predicted molar refractivity (Wildman–Crippen MR) is 39.9 cm³/mol. The third kappa shape index (κ3) is 1.98. The molecular formula is C8H10O5. The van der Waals surface area contributed by atoms with Gasteiger partial charge in [-0.2, -0.15) is 0 Å². The van der Waals surface area contributed by atoms with E-state index < -0.39 is 23.8 Å². The van der Waals surface area contributed by atoms with Crippen LogP contribution in [0.1, 0.15) is 6.42 Å². The number of epoxide rings is 1. The average molecular weight is 186 g/mol. The largest absolute Gasteiger partial charge is 0.481 e. The monoisotopic (exact) mass is 186 g/mol. The Balaban J connectivity index is 1.69. The standard InChI is InChI=1S/C8H10O5/c9-7(10)5-1-6(5)8(11)13-3-4-2-12-4/h4-6H,1-3H2,(H,9,10). The van der Waals surface area contributed by atoms with E-state index in [2.05, 4.69) is 0 Å². The van der Waals surface area contributed by atoms with Gasteiger partial charge in [0, 0.05) is 0 Å². The van der Waals surface area contributed by atoms with Crippen LogP contribution in [0.25, 0.3) is 0 Å². The maximum atomic E-state index is 11.1. The number of hydrogen-bond acceptors (Lipinski definition) is 4. The van der Waals surface area contributed by atoms with Gasteiger partial charge in [0.25, 0.3) is 0 Å². The zero-order chi connectivity index (χ0) is 9.42. The van der Waals surface area contributed by atoms with Gasteiger partial charge in [0.15, 0.2) is 0 Å². The summed E-state index contributed by atoms with van der Waals surface area (Å²) in [5, 5.41) is 8.53. The van der Waals surface area contributed by atoms with Crippen LogP contribution in [0.5, 0.6) is 0 Å². The molecule has 72 valence electrons. The molecule has 5 nitrogen and oxygen atoms in total. The van der Waals surface area contributed by atoms with Crippen LogP contribution < -0.4 is 0 Å². The molecule has 3 atom stereocenters. The van der Waals surface area contributed by atoms with Gasteiger partial charge in [-0.25, -0.2) is 0 Å². The molecule has 0 aromatic heterocycles. The lowest BCUT2D eigenvalue weighted by atomic mass is 10.3. The number of esters is 1. The van der Waals surface area contributed by atoms with Crippen LogP contribution in [0.2, 0.25) is 0 Å². The first kappa shape index (κ1) is 8.50. The highest BCUT2D eigenvalue weighted by Crippen LogP contribution is 2.39. The van der Waals surface area contributed by atoms with Crippen LogP contribution in [0, 0.1) is 11.8 Å². The third-order valence-corrected chi connectivity index (χ3v) is 2.22. The van der Waals surface area contributed by atoms with E-state index in [-0.39, 0.29) is 12.7 Å². The summed E-state index contributed by atoms with van der Waals surface area (Å²) in [6, 6.07) is 0. The molecular weight excluding hydrogens is 176 g/mol. The molecule has 2 rings (SSSR count). The summed E-state index contributed by atoms with van der Waals surface area (Å²) in [5.74, 6) is -2.25. The third-order valence-electron chi connectivity index (χ3n) is 2.22. The summed E-state index contributed by atoms with van der Waals surface area (Å²) in [5.41, 5.74) is 0. The van der Waals surface area contributed by atoms with Crippen molar-refractivity contribution in [3.05, 3.63) is 0 Å². The van der Waals surface area contributed by atoms with Crippen molar-refractivity contribution in [1.82, 2.24) is 0 Å². The lowest BCUT2D eigenvalue weighted by Gasteiger charge is -1.99. The van der Waals surface area contributed by atoms with Crippen LogP contribution in [0.15, 0.2) is 0 Å². The second kappa shape index (κ2) is 2.99. The van der Waals surface area contributed by atoms with Gasteiger partial charge in [-0.1, -0.05) is 0 Å². The molecule has 0 aromatic carbocycles.